The fourth-order valence-electron chi connectivity index (χ4n) is 1.98. The number of alkyl halides is 2. The number of carbonyl (C=O) groups is 1. The zero-order valence-electron chi connectivity index (χ0n) is 13.6. The van der Waals surface area contributed by atoms with Gasteiger partial charge in [-0.25, -0.2) is 13.1 Å². The molecule has 0 spiro atoms. The Morgan fingerprint density at radius 1 is 1.15 bits per heavy atom. The topological polar surface area (TPSA) is 84.5 Å². The van der Waals surface area contributed by atoms with E-state index in [-0.39, 0.29) is 10.6 Å². The van der Waals surface area contributed by atoms with Crippen LogP contribution in [0.1, 0.15) is 5.56 Å². The van der Waals surface area contributed by atoms with Crippen molar-refractivity contribution in [2.45, 2.75) is 11.5 Å². The van der Waals surface area contributed by atoms with Gasteiger partial charge >= 0.3 is 6.61 Å². The molecule has 0 aliphatic rings. The average molecular weight is 382 g/mol. The van der Waals surface area contributed by atoms with Gasteiger partial charge in [0.25, 0.3) is 0 Å². The number of hydrogen-bond acceptors (Lipinski definition) is 4. The van der Waals surface area contributed by atoms with Crippen LogP contribution in [0, 0.1) is 0 Å². The monoisotopic (exact) mass is 382 g/mol. The van der Waals surface area contributed by atoms with Crippen molar-refractivity contribution >= 4 is 27.7 Å². The van der Waals surface area contributed by atoms with Crippen molar-refractivity contribution in [3.8, 4) is 5.75 Å². The molecule has 0 atom stereocenters. The Morgan fingerprint density at radius 2 is 1.85 bits per heavy atom. The highest BCUT2D eigenvalue weighted by Crippen LogP contribution is 2.17. The van der Waals surface area contributed by atoms with Crippen LogP contribution in [0.3, 0.4) is 0 Å². The molecule has 0 aliphatic carbocycles. The number of nitrogens with one attached hydrogen (secondary N) is 2. The van der Waals surface area contributed by atoms with Crippen molar-refractivity contribution in [1.82, 2.24) is 4.72 Å². The predicted octanol–water partition coefficient (Wildman–Crippen LogP) is 2.85. The van der Waals surface area contributed by atoms with E-state index in [0.717, 1.165) is 0 Å². The first-order chi connectivity index (χ1) is 12.3. The summed E-state index contributed by atoms with van der Waals surface area (Å²) in [5.74, 6) is -0.457. The van der Waals surface area contributed by atoms with Crippen LogP contribution < -0.4 is 14.8 Å². The summed E-state index contributed by atoms with van der Waals surface area (Å²) in [6.45, 7) is -2.90. The molecule has 0 aromatic heterocycles. The van der Waals surface area contributed by atoms with Crippen molar-refractivity contribution in [3.05, 3.63) is 60.2 Å². The van der Waals surface area contributed by atoms with Crippen molar-refractivity contribution in [2.75, 3.05) is 12.4 Å². The highest BCUT2D eigenvalue weighted by atomic mass is 32.2. The Bertz CT molecular complexity index is 897. The summed E-state index contributed by atoms with van der Waals surface area (Å²) in [7, 11) is -2.32. The lowest BCUT2D eigenvalue weighted by Gasteiger charge is -2.06. The lowest BCUT2D eigenvalue weighted by Crippen LogP contribution is -2.18. The number of ether oxygens (including phenoxy) is 1. The minimum atomic E-state index is -3.61. The number of hydrogen-bond donors (Lipinski definition) is 2. The highest BCUT2D eigenvalue weighted by molar-refractivity contribution is 7.89. The van der Waals surface area contributed by atoms with E-state index < -0.39 is 22.5 Å². The van der Waals surface area contributed by atoms with Crippen LogP contribution in [0.25, 0.3) is 6.08 Å². The zero-order valence-corrected chi connectivity index (χ0v) is 14.5. The summed E-state index contributed by atoms with van der Waals surface area (Å²) in [6, 6.07) is 11.5. The standard InChI is InChI=1S/C17H16F2N2O4S/c1-20-26(23,24)15-4-2-3-13(11-15)21-16(22)10-7-12-5-8-14(9-6-12)25-17(18)19/h2-11,17,20H,1H3,(H,21,22)/b10-7+. The highest BCUT2D eigenvalue weighted by Gasteiger charge is 2.11. The Kier molecular flexibility index (Phi) is 6.42. The molecule has 138 valence electrons. The van der Waals surface area contributed by atoms with E-state index in [9.17, 15) is 22.0 Å². The van der Waals surface area contributed by atoms with Gasteiger partial charge in [-0.05, 0) is 49.0 Å². The third kappa shape index (κ3) is 5.64. The number of sulfonamides is 1. The van der Waals surface area contributed by atoms with Crippen LogP contribution in [0.15, 0.2) is 59.5 Å². The number of amides is 1. The second kappa shape index (κ2) is 8.54. The average Bonchev–Trinajstić information content (AvgIpc) is 2.61. The van der Waals surface area contributed by atoms with Crippen LogP contribution >= 0.6 is 0 Å². The maximum absolute atomic E-state index is 12.1. The molecule has 0 bridgehead atoms. The van der Waals surface area contributed by atoms with Crippen molar-refractivity contribution in [3.63, 3.8) is 0 Å². The van der Waals surface area contributed by atoms with E-state index in [0.29, 0.717) is 11.3 Å². The molecule has 0 fully saturated rings. The molecule has 0 unspecified atom stereocenters. The molecule has 2 rings (SSSR count). The SMILES string of the molecule is CNS(=O)(=O)c1cccc(NC(=O)/C=C/c2ccc(OC(F)F)cc2)c1. The van der Waals surface area contributed by atoms with Gasteiger partial charge in [0.15, 0.2) is 0 Å². The molecular weight excluding hydrogens is 366 g/mol. The number of carbonyl (C=O) groups excluding carboxylic acids is 1. The minimum Gasteiger partial charge on any atom is -0.435 e. The Balaban J connectivity index is 2.02. The second-order valence-electron chi connectivity index (χ2n) is 5.01. The van der Waals surface area contributed by atoms with Gasteiger partial charge in [-0.3, -0.25) is 4.79 Å². The first-order valence-corrected chi connectivity index (χ1v) is 8.86. The van der Waals surface area contributed by atoms with E-state index >= 15 is 0 Å². The maximum atomic E-state index is 12.1. The van der Waals surface area contributed by atoms with E-state index in [1.54, 1.807) is 6.07 Å². The van der Waals surface area contributed by atoms with Gasteiger partial charge in [-0.2, -0.15) is 8.78 Å². The Morgan fingerprint density at radius 3 is 2.46 bits per heavy atom. The summed E-state index contributed by atoms with van der Waals surface area (Å²) < 4.78 is 54.1. The summed E-state index contributed by atoms with van der Waals surface area (Å²) in [5, 5.41) is 2.54. The minimum absolute atomic E-state index is 0.0177. The lowest BCUT2D eigenvalue weighted by molar-refractivity contribution is -0.111. The van der Waals surface area contributed by atoms with E-state index in [2.05, 4.69) is 14.8 Å². The van der Waals surface area contributed by atoms with Crippen LogP contribution in [0.4, 0.5) is 14.5 Å². The number of rotatable bonds is 7. The molecule has 1 amide bonds. The summed E-state index contributed by atoms with van der Waals surface area (Å²) in [4.78, 5) is 12.0. The largest absolute Gasteiger partial charge is 0.435 e. The van der Waals surface area contributed by atoms with Crippen LogP contribution in [-0.2, 0) is 14.8 Å². The van der Waals surface area contributed by atoms with Gasteiger partial charge < -0.3 is 10.1 Å². The number of anilines is 1. The van der Waals surface area contributed by atoms with Gasteiger partial charge in [0.2, 0.25) is 15.9 Å². The molecule has 2 aromatic rings. The van der Waals surface area contributed by atoms with Gasteiger partial charge in [0, 0.05) is 11.8 Å². The smallest absolute Gasteiger partial charge is 0.387 e. The van der Waals surface area contributed by atoms with Gasteiger partial charge in [-0.15, -0.1) is 0 Å². The van der Waals surface area contributed by atoms with Crippen molar-refractivity contribution < 1.29 is 26.7 Å². The fraction of sp³-hybridized carbons (Fsp3) is 0.118. The van der Waals surface area contributed by atoms with E-state index in [1.165, 1.54) is 61.7 Å². The first kappa shape index (κ1) is 19.5. The molecular formula is C17H16F2N2O4S. The molecule has 26 heavy (non-hydrogen) atoms. The lowest BCUT2D eigenvalue weighted by atomic mass is 10.2. The molecule has 0 radical (unpaired) electrons. The van der Waals surface area contributed by atoms with Crippen LogP contribution in [-0.4, -0.2) is 28.0 Å². The predicted molar refractivity (Wildman–Crippen MR) is 93.4 cm³/mol. The molecule has 2 N–H and O–H groups in total. The maximum Gasteiger partial charge on any atom is 0.387 e. The Labute approximate surface area is 149 Å². The molecule has 0 aliphatic heterocycles. The molecule has 0 saturated heterocycles. The van der Waals surface area contributed by atoms with Gasteiger partial charge in [0.1, 0.15) is 5.75 Å². The van der Waals surface area contributed by atoms with Gasteiger partial charge in [-0.1, -0.05) is 18.2 Å². The first-order valence-electron chi connectivity index (χ1n) is 7.38. The number of benzene rings is 2. The van der Waals surface area contributed by atoms with Crippen molar-refractivity contribution in [2.24, 2.45) is 0 Å². The second-order valence-corrected chi connectivity index (χ2v) is 6.89. The van der Waals surface area contributed by atoms with Crippen molar-refractivity contribution in [1.29, 1.82) is 0 Å². The van der Waals surface area contributed by atoms with Crippen LogP contribution in [0.2, 0.25) is 0 Å². The number of halogens is 2. The van der Waals surface area contributed by atoms with Crippen LogP contribution in [0.5, 0.6) is 5.75 Å². The molecule has 0 heterocycles. The van der Waals surface area contributed by atoms with E-state index in [1.807, 2.05) is 0 Å². The quantitative estimate of drug-likeness (QED) is 0.721. The fourth-order valence-corrected chi connectivity index (χ4v) is 2.75. The zero-order chi connectivity index (χ0) is 19.2. The van der Waals surface area contributed by atoms with E-state index in [4.69, 9.17) is 0 Å². The summed E-state index contributed by atoms with van der Waals surface area (Å²) >= 11 is 0. The molecule has 9 heteroatoms. The Hall–Kier alpha value is -2.78. The third-order valence-electron chi connectivity index (χ3n) is 3.21. The summed E-state index contributed by atoms with van der Waals surface area (Å²) in [6.07, 6.45) is 2.72. The molecule has 6 nitrogen and oxygen atoms in total. The summed E-state index contributed by atoms with van der Waals surface area (Å²) in [5.41, 5.74) is 0.921. The molecule has 0 saturated carbocycles. The van der Waals surface area contributed by atoms with Gasteiger partial charge in [0.05, 0.1) is 4.90 Å². The third-order valence-corrected chi connectivity index (χ3v) is 4.63. The molecule has 2 aromatic carbocycles. The normalized spacial score (nSPS) is 11.7.